The van der Waals surface area contributed by atoms with Crippen molar-refractivity contribution in [2.45, 2.75) is 12.1 Å². The number of benzene rings is 1. The van der Waals surface area contributed by atoms with E-state index in [4.69, 9.17) is 0 Å². The molecule has 100 valence electrons. The van der Waals surface area contributed by atoms with Gasteiger partial charge in [0.05, 0.1) is 6.04 Å². The van der Waals surface area contributed by atoms with E-state index < -0.39 is 0 Å². The second-order valence-corrected chi connectivity index (χ2v) is 4.50. The maximum absolute atomic E-state index is 12.1. The molecule has 0 saturated carbocycles. The molecular formula is C15H19N3O. The summed E-state index contributed by atoms with van der Waals surface area (Å²) < 4.78 is 0. The van der Waals surface area contributed by atoms with Crippen LogP contribution in [0.5, 0.6) is 0 Å². The van der Waals surface area contributed by atoms with Gasteiger partial charge in [0.15, 0.2) is 0 Å². The summed E-state index contributed by atoms with van der Waals surface area (Å²) in [5, 5.41) is 0. The van der Waals surface area contributed by atoms with E-state index >= 15 is 0 Å². The third-order valence-corrected chi connectivity index (χ3v) is 3.21. The maximum Gasteiger partial charge on any atom is 0.253 e. The first-order chi connectivity index (χ1) is 9.27. The minimum Gasteiger partial charge on any atom is -0.289 e. The van der Waals surface area contributed by atoms with E-state index in [1.165, 1.54) is 0 Å². The van der Waals surface area contributed by atoms with E-state index in [9.17, 15) is 4.79 Å². The van der Waals surface area contributed by atoms with Crippen LogP contribution < -0.4 is 10.9 Å². The maximum atomic E-state index is 12.1. The molecule has 1 aliphatic rings. The van der Waals surface area contributed by atoms with Crippen LogP contribution >= 0.6 is 0 Å². The third-order valence-electron chi connectivity index (χ3n) is 3.21. The monoisotopic (exact) mass is 257 g/mol. The molecule has 2 rings (SSSR count). The van der Waals surface area contributed by atoms with E-state index in [1.807, 2.05) is 35.2 Å². The number of rotatable bonds is 6. The molecule has 0 bridgehead atoms. The third kappa shape index (κ3) is 2.92. The Morgan fingerprint density at radius 3 is 2.37 bits per heavy atom. The smallest absolute Gasteiger partial charge is 0.253 e. The number of hydrazine groups is 1. The fourth-order valence-corrected chi connectivity index (χ4v) is 2.39. The van der Waals surface area contributed by atoms with Crippen molar-refractivity contribution in [3.63, 3.8) is 0 Å². The van der Waals surface area contributed by atoms with Crippen LogP contribution in [0.1, 0.15) is 11.6 Å². The molecule has 1 aromatic rings. The normalized spacial score (nSPS) is 22.3. The van der Waals surface area contributed by atoms with Gasteiger partial charge in [0.25, 0.3) is 5.91 Å². The van der Waals surface area contributed by atoms with Gasteiger partial charge in [-0.2, -0.15) is 0 Å². The highest BCUT2D eigenvalue weighted by atomic mass is 16.2. The molecule has 0 aromatic heterocycles. The summed E-state index contributed by atoms with van der Waals surface area (Å²) in [6.07, 6.45) is 3.61. The molecule has 1 saturated heterocycles. The van der Waals surface area contributed by atoms with Crippen LogP contribution in [0.25, 0.3) is 0 Å². The van der Waals surface area contributed by atoms with Gasteiger partial charge in [0.1, 0.15) is 6.04 Å². The highest BCUT2D eigenvalue weighted by Crippen LogP contribution is 2.24. The number of amides is 1. The number of nitrogens with zero attached hydrogens (tertiary/aromatic N) is 1. The van der Waals surface area contributed by atoms with Crippen molar-refractivity contribution in [2.75, 3.05) is 13.1 Å². The average molecular weight is 257 g/mol. The Bertz CT molecular complexity index is 448. The largest absolute Gasteiger partial charge is 0.289 e. The molecule has 2 N–H and O–H groups in total. The molecule has 2 atom stereocenters. The SMILES string of the molecule is C=CCN(CC=C)[C@@H]1C(=O)NN[C@H]1c1ccccc1. The predicted octanol–water partition coefficient (Wildman–Crippen LogP) is 1.40. The van der Waals surface area contributed by atoms with Crippen molar-refractivity contribution < 1.29 is 4.79 Å². The molecule has 0 radical (unpaired) electrons. The van der Waals surface area contributed by atoms with E-state index in [2.05, 4.69) is 24.0 Å². The van der Waals surface area contributed by atoms with E-state index in [1.54, 1.807) is 12.2 Å². The number of carbonyl (C=O) groups is 1. The van der Waals surface area contributed by atoms with E-state index in [0.29, 0.717) is 13.1 Å². The lowest BCUT2D eigenvalue weighted by Gasteiger charge is -2.28. The molecule has 1 heterocycles. The van der Waals surface area contributed by atoms with Gasteiger partial charge in [0, 0.05) is 13.1 Å². The Hall–Kier alpha value is -1.91. The van der Waals surface area contributed by atoms with Gasteiger partial charge in [-0.05, 0) is 5.56 Å². The fourth-order valence-electron chi connectivity index (χ4n) is 2.39. The molecule has 1 aliphatic heterocycles. The van der Waals surface area contributed by atoms with E-state index in [-0.39, 0.29) is 18.0 Å². The summed E-state index contributed by atoms with van der Waals surface area (Å²) in [6, 6.07) is 9.64. The summed E-state index contributed by atoms with van der Waals surface area (Å²) >= 11 is 0. The lowest BCUT2D eigenvalue weighted by Crippen LogP contribution is -2.43. The summed E-state index contributed by atoms with van der Waals surface area (Å²) in [5.41, 5.74) is 6.86. The quantitative estimate of drug-likeness (QED) is 0.757. The van der Waals surface area contributed by atoms with Gasteiger partial charge in [-0.25, -0.2) is 5.43 Å². The van der Waals surface area contributed by atoms with Gasteiger partial charge >= 0.3 is 0 Å². The topological polar surface area (TPSA) is 44.4 Å². The second kappa shape index (κ2) is 6.31. The van der Waals surface area contributed by atoms with Gasteiger partial charge in [-0.1, -0.05) is 42.5 Å². The minimum atomic E-state index is -0.251. The molecular weight excluding hydrogens is 238 g/mol. The summed E-state index contributed by atoms with van der Waals surface area (Å²) in [7, 11) is 0. The highest BCUT2D eigenvalue weighted by Gasteiger charge is 2.38. The van der Waals surface area contributed by atoms with Crippen molar-refractivity contribution in [3.05, 3.63) is 61.2 Å². The lowest BCUT2D eigenvalue weighted by atomic mass is 9.99. The number of carbonyl (C=O) groups excluding carboxylic acids is 1. The van der Waals surface area contributed by atoms with Crippen LogP contribution in [0, 0.1) is 0 Å². The van der Waals surface area contributed by atoms with Crippen molar-refractivity contribution in [1.29, 1.82) is 0 Å². The Balaban J connectivity index is 2.25. The zero-order chi connectivity index (χ0) is 13.7. The summed E-state index contributed by atoms with van der Waals surface area (Å²) in [5.74, 6) is -0.0162. The van der Waals surface area contributed by atoms with Crippen molar-refractivity contribution in [3.8, 4) is 0 Å². The first-order valence-electron chi connectivity index (χ1n) is 6.34. The Labute approximate surface area is 113 Å². The molecule has 4 heteroatoms. The molecule has 1 fully saturated rings. The predicted molar refractivity (Wildman–Crippen MR) is 76.2 cm³/mol. The van der Waals surface area contributed by atoms with Gasteiger partial charge in [-0.3, -0.25) is 15.1 Å². The molecule has 19 heavy (non-hydrogen) atoms. The van der Waals surface area contributed by atoms with Gasteiger partial charge < -0.3 is 0 Å². The fraction of sp³-hybridized carbons (Fsp3) is 0.267. The zero-order valence-corrected chi connectivity index (χ0v) is 10.9. The van der Waals surface area contributed by atoms with Crippen LogP contribution in [-0.4, -0.2) is 29.9 Å². The van der Waals surface area contributed by atoms with Crippen LogP contribution in [0.3, 0.4) is 0 Å². The lowest BCUT2D eigenvalue weighted by molar-refractivity contribution is -0.123. The molecule has 1 amide bonds. The number of hydrogen-bond acceptors (Lipinski definition) is 3. The number of hydrogen-bond donors (Lipinski definition) is 2. The van der Waals surface area contributed by atoms with Crippen LogP contribution in [0.15, 0.2) is 55.6 Å². The number of nitrogens with one attached hydrogen (secondary N) is 2. The zero-order valence-electron chi connectivity index (χ0n) is 10.9. The molecule has 0 aliphatic carbocycles. The van der Waals surface area contributed by atoms with Crippen LogP contribution in [0.2, 0.25) is 0 Å². The summed E-state index contributed by atoms with van der Waals surface area (Å²) in [4.78, 5) is 14.1. The highest BCUT2D eigenvalue weighted by molar-refractivity contribution is 5.84. The van der Waals surface area contributed by atoms with Crippen molar-refractivity contribution >= 4 is 5.91 Å². The first-order valence-corrected chi connectivity index (χ1v) is 6.34. The van der Waals surface area contributed by atoms with Gasteiger partial charge in [-0.15, -0.1) is 13.2 Å². The Kier molecular flexibility index (Phi) is 4.49. The van der Waals surface area contributed by atoms with E-state index in [0.717, 1.165) is 5.56 Å². The molecule has 0 spiro atoms. The average Bonchev–Trinajstić information content (AvgIpc) is 2.81. The standard InChI is InChI=1S/C15H19N3O/c1-3-10-18(11-4-2)14-13(16-17-15(14)19)12-8-6-5-7-9-12/h3-9,13-14,16H,1-2,10-11H2,(H,17,19)/t13-,14-/m0/s1. The Morgan fingerprint density at radius 2 is 1.79 bits per heavy atom. The minimum absolute atomic E-state index is 0.0162. The molecule has 1 aromatic carbocycles. The van der Waals surface area contributed by atoms with Crippen LogP contribution in [0.4, 0.5) is 0 Å². The first kappa shape index (κ1) is 13.5. The van der Waals surface area contributed by atoms with Crippen molar-refractivity contribution in [1.82, 2.24) is 15.8 Å². The van der Waals surface area contributed by atoms with Crippen molar-refractivity contribution in [2.24, 2.45) is 0 Å². The second-order valence-electron chi connectivity index (χ2n) is 4.50. The molecule has 4 nitrogen and oxygen atoms in total. The molecule has 0 unspecified atom stereocenters. The summed E-state index contributed by atoms with van der Waals surface area (Å²) in [6.45, 7) is 8.79. The van der Waals surface area contributed by atoms with Crippen LogP contribution in [-0.2, 0) is 4.79 Å². The van der Waals surface area contributed by atoms with Gasteiger partial charge in [0.2, 0.25) is 0 Å². The Morgan fingerprint density at radius 1 is 1.16 bits per heavy atom.